The molecule has 0 radical (unpaired) electrons. The molecule has 0 saturated carbocycles. The molecular formula is C14H30N2O2. The van der Waals surface area contributed by atoms with Crippen LogP contribution < -0.4 is 5.32 Å². The minimum absolute atomic E-state index is 0.0785. The van der Waals surface area contributed by atoms with Crippen LogP contribution >= 0.6 is 0 Å². The van der Waals surface area contributed by atoms with Gasteiger partial charge in [0.25, 0.3) is 0 Å². The van der Waals surface area contributed by atoms with Crippen molar-refractivity contribution in [3.63, 3.8) is 0 Å². The number of nitrogens with one attached hydrogen (secondary N) is 1. The number of hydrogen-bond acceptors (Lipinski definition) is 4. The number of aliphatic hydroxyl groups is 1. The van der Waals surface area contributed by atoms with Gasteiger partial charge >= 0.3 is 0 Å². The van der Waals surface area contributed by atoms with E-state index in [1.54, 1.807) is 0 Å². The largest absolute Gasteiger partial charge is 0.394 e. The lowest BCUT2D eigenvalue weighted by atomic mass is 9.91. The lowest BCUT2D eigenvalue weighted by Gasteiger charge is -2.34. The highest BCUT2D eigenvalue weighted by atomic mass is 16.5. The molecule has 0 aromatic carbocycles. The monoisotopic (exact) mass is 258 g/mol. The van der Waals surface area contributed by atoms with Crippen molar-refractivity contribution in [2.75, 3.05) is 40.4 Å². The van der Waals surface area contributed by atoms with Crippen molar-refractivity contribution in [3.05, 3.63) is 0 Å². The molecule has 108 valence electrons. The molecule has 1 atom stereocenters. The highest BCUT2D eigenvalue weighted by molar-refractivity contribution is 4.85. The van der Waals surface area contributed by atoms with Gasteiger partial charge in [-0.1, -0.05) is 6.92 Å². The summed E-state index contributed by atoms with van der Waals surface area (Å²) in [6.07, 6.45) is 5.94. The Morgan fingerprint density at radius 3 is 2.50 bits per heavy atom. The molecule has 18 heavy (non-hydrogen) atoms. The number of methoxy groups -OCH3 is 1. The molecule has 0 amide bonds. The molecule has 0 aromatic rings. The van der Waals surface area contributed by atoms with Crippen molar-refractivity contribution < 1.29 is 9.84 Å². The Hall–Kier alpha value is -0.160. The fourth-order valence-corrected chi connectivity index (χ4v) is 2.76. The van der Waals surface area contributed by atoms with Gasteiger partial charge in [0.05, 0.1) is 12.7 Å². The van der Waals surface area contributed by atoms with Gasteiger partial charge < -0.3 is 20.1 Å². The molecule has 1 aliphatic heterocycles. The van der Waals surface area contributed by atoms with E-state index in [2.05, 4.69) is 17.1 Å². The maximum absolute atomic E-state index is 9.49. The fraction of sp³-hybridized carbons (Fsp3) is 1.00. The Morgan fingerprint density at radius 2 is 2.06 bits per heavy atom. The second-order valence-electron chi connectivity index (χ2n) is 5.42. The van der Waals surface area contributed by atoms with Gasteiger partial charge in [0.2, 0.25) is 0 Å². The van der Waals surface area contributed by atoms with Gasteiger partial charge in [-0.3, -0.25) is 0 Å². The zero-order valence-corrected chi connectivity index (χ0v) is 12.2. The summed E-state index contributed by atoms with van der Waals surface area (Å²) in [4.78, 5) is 2.52. The highest BCUT2D eigenvalue weighted by Gasteiger charge is 2.25. The number of likely N-dealkylation sites (N-methyl/N-ethyl adjacent to an activating group) is 1. The summed E-state index contributed by atoms with van der Waals surface area (Å²) in [7, 11) is 3.76. The number of rotatable bonds is 8. The number of piperidine rings is 1. The van der Waals surface area contributed by atoms with E-state index in [0.717, 1.165) is 51.7 Å². The summed E-state index contributed by atoms with van der Waals surface area (Å²) in [5, 5.41) is 12.8. The zero-order valence-electron chi connectivity index (χ0n) is 12.2. The second kappa shape index (κ2) is 8.10. The maximum Gasteiger partial charge on any atom is 0.0613 e. The van der Waals surface area contributed by atoms with Crippen LogP contribution in [0.4, 0.5) is 0 Å². The smallest absolute Gasteiger partial charge is 0.0613 e. The van der Waals surface area contributed by atoms with Crippen molar-refractivity contribution in [3.8, 4) is 0 Å². The molecule has 1 rings (SSSR count). The molecular weight excluding hydrogens is 228 g/mol. The molecule has 2 N–H and O–H groups in total. The first-order valence-corrected chi connectivity index (χ1v) is 7.24. The van der Waals surface area contributed by atoms with Gasteiger partial charge in [-0.05, 0) is 45.7 Å². The normalized spacial score (nSPS) is 22.0. The second-order valence-corrected chi connectivity index (χ2v) is 5.42. The van der Waals surface area contributed by atoms with Crippen molar-refractivity contribution in [2.45, 2.75) is 50.7 Å². The average molecular weight is 258 g/mol. The zero-order chi connectivity index (χ0) is 13.4. The van der Waals surface area contributed by atoms with E-state index in [1.165, 1.54) is 0 Å². The summed E-state index contributed by atoms with van der Waals surface area (Å²) in [6.45, 7) is 5.80. The van der Waals surface area contributed by atoms with E-state index in [0.29, 0.717) is 6.10 Å². The lowest BCUT2D eigenvalue weighted by molar-refractivity contribution is 0.0394. The highest BCUT2D eigenvalue weighted by Crippen LogP contribution is 2.18. The van der Waals surface area contributed by atoms with Gasteiger partial charge in [-0.25, -0.2) is 0 Å². The third kappa shape index (κ3) is 4.50. The minimum Gasteiger partial charge on any atom is -0.394 e. The van der Waals surface area contributed by atoms with E-state index in [4.69, 9.17) is 4.74 Å². The van der Waals surface area contributed by atoms with Gasteiger partial charge in [0.1, 0.15) is 0 Å². The quantitative estimate of drug-likeness (QED) is 0.687. The standard InChI is InChI=1S/C14H30N2O2/c1-4-14(12-17,15-2)8-5-9-16-10-6-13(18-3)7-11-16/h13,15,17H,4-12H2,1-3H3. The van der Waals surface area contributed by atoms with Crippen LogP contribution in [0.3, 0.4) is 0 Å². The number of ether oxygens (including phenoxy) is 1. The van der Waals surface area contributed by atoms with Crippen LogP contribution in [0.25, 0.3) is 0 Å². The third-order valence-corrected chi connectivity index (χ3v) is 4.51. The van der Waals surface area contributed by atoms with Crippen LogP contribution in [-0.2, 0) is 4.74 Å². The Labute approximate surface area is 112 Å². The molecule has 1 aliphatic rings. The summed E-state index contributed by atoms with van der Waals surface area (Å²) in [5.74, 6) is 0. The average Bonchev–Trinajstić information content (AvgIpc) is 2.45. The molecule has 0 spiro atoms. The molecule has 4 heteroatoms. The first-order valence-electron chi connectivity index (χ1n) is 7.24. The molecule has 1 unspecified atom stereocenters. The van der Waals surface area contributed by atoms with Crippen LogP contribution in [0.1, 0.15) is 39.0 Å². The minimum atomic E-state index is -0.0785. The molecule has 0 bridgehead atoms. The van der Waals surface area contributed by atoms with E-state index in [-0.39, 0.29) is 12.1 Å². The van der Waals surface area contributed by atoms with Gasteiger partial charge in [0.15, 0.2) is 0 Å². The molecule has 4 nitrogen and oxygen atoms in total. The molecule has 1 fully saturated rings. The van der Waals surface area contributed by atoms with Crippen molar-refractivity contribution in [1.82, 2.24) is 10.2 Å². The van der Waals surface area contributed by atoms with Crippen LogP contribution in [0.15, 0.2) is 0 Å². The van der Waals surface area contributed by atoms with Crippen LogP contribution in [0, 0.1) is 0 Å². The topological polar surface area (TPSA) is 44.7 Å². The molecule has 1 heterocycles. The Morgan fingerprint density at radius 1 is 1.39 bits per heavy atom. The molecule has 1 saturated heterocycles. The number of likely N-dealkylation sites (tertiary alicyclic amines) is 1. The Bertz CT molecular complexity index is 204. The lowest BCUT2D eigenvalue weighted by Crippen LogP contribution is -2.46. The number of aliphatic hydroxyl groups excluding tert-OH is 1. The van der Waals surface area contributed by atoms with E-state index in [1.807, 2.05) is 14.2 Å². The molecule has 0 aliphatic carbocycles. The van der Waals surface area contributed by atoms with Crippen molar-refractivity contribution in [1.29, 1.82) is 0 Å². The van der Waals surface area contributed by atoms with E-state index >= 15 is 0 Å². The van der Waals surface area contributed by atoms with Gasteiger partial charge in [-0.15, -0.1) is 0 Å². The number of nitrogens with zero attached hydrogens (tertiary/aromatic N) is 1. The first kappa shape index (κ1) is 15.9. The SMILES string of the molecule is CCC(CO)(CCCN1CCC(OC)CC1)NC. The van der Waals surface area contributed by atoms with Crippen molar-refractivity contribution in [2.24, 2.45) is 0 Å². The molecule has 0 aromatic heterocycles. The Balaban J connectivity index is 2.21. The summed E-state index contributed by atoms with van der Waals surface area (Å²) in [6, 6.07) is 0. The van der Waals surface area contributed by atoms with Crippen molar-refractivity contribution >= 4 is 0 Å². The predicted molar refractivity (Wildman–Crippen MR) is 74.9 cm³/mol. The summed E-state index contributed by atoms with van der Waals surface area (Å²) >= 11 is 0. The van der Waals surface area contributed by atoms with Crippen LogP contribution in [-0.4, -0.2) is 62.0 Å². The fourth-order valence-electron chi connectivity index (χ4n) is 2.76. The van der Waals surface area contributed by atoms with Gasteiger partial charge in [0, 0.05) is 25.7 Å². The summed E-state index contributed by atoms with van der Waals surface area (Å²) in [5.41, 5.74) is -0.0785. The predicted octanol–water partition coefficient (Wildman–Crippen LogP) is 1.24. The first-order chi connectivity index (χ1) is 8.69. The summed E-state index contributed by atoms with van der Waals surface area (Å²) < 4.78 is 5.38. The number of hydrogen-bond donors (Lipinski definition) is 2. The van der Waals surface area contributed by atoms with Gasteiger partial charge in [-0.2, -0.15) is 0 Å². The maximum atomic E-state index is 9.49. The Kier molecular flexibility index (Phi) is 7.15. The van der Waals surface area contributed by atoms with E-state index < -0.39 is 0 Å². The van der Waals surface area contributed by atoms with E-state index in [9.17, 15) is 5.11 Å². The third-order valence-electron chi connectivity index (χ3n) is 4.51. The van der Waals surface area contributed by atoms with Crippen LogP contribution in [0.2, 0.25) is 0 Å². The van der Waals surface area contributed by atoms with Crippen LogP contribution in [0.5, 0.6) is 0 Å².